The van der Waals surface area contributed by atoms with Gasteiger partial charge in [0.1, 0.15) is 0 Å². The van der Waals surface area contributed by atoms with E-state index in [2.05, 4.69) is 16.2 Å². The van der Waals surface area contributed by atoms with Gasteiger partial charge in [-0.2, -0.15) is 15.0 Å². The van der Waals surface area contributed by atoms with E-state index in [1.165, 1.54) is 6.20 Å². The number of ether oxygens (including phenoxy) is 2. The number of carbonyl (C=O) groups excluding carboxylic acids is 1. The van der Waals surface area contributed by atoms with Gasteiger partial charge in [0, 0.05) is 6.20 Å². The van der Waals surface area contributed by atoms with Gasteiger partial charge < -0.3 is 9.47 Å². The van der Waals surface area contributed by atoms with Gasteiger partial charge in [-0.1, -0.05) is 25.5 Å². The van der Waals surface area contributed by atoms with Gasteiger partial charge in [0.25, 0.3) is 0 Å². The number of methoxy groups -OCH3 is 1. The molecule has 0 N–H and O–H groups in total. The molecular formula is C22H22N4O3. The van der Waals surface area contributed by atoms with Crippen LogP contribution >= 0.6 is 0 Å². The summed E-state index contributed by atoms with van der Waals surface area (Å²) in [6.07, 6.45) is 3.27. The first kappa shape index (κ1) is 20.1. The second-order valence-corrected chi connectivity index (χ2v) is 6.47. The first-order valence-electron chi connectivity index (χ1n) is 9.36. The number of hydrogen-bond donors (Lipinski definition) is 0. The second-order valence-electron chi connectivity index (χ2n) is 6.47. The van der Waals surface area contributed by atoms with Gasteiger partial charge >= 0.3 is 5.97 Å². The van der Waals surface area contributed by atoms with Crippen LogP contribution in [0.15, 0.2) is 42.6 Å². The summed E-state index contributed by atoms with van der Waals surface area (Å²) in [5.41, 5.74) is 3.44. The molecule has 2 heterocycles. The maximum absolute atomic E-state index is 12.1. The Bertz CT molecular complexity index is 1030. The molecule has 0 aliphatic heterocycles. The number of aromatic nitrogens is 3. The van der Waals surface area contributed by atoms with Gasteiger partial charge in [-0.05, 0) is 43.2 Å². The Morgan fingerprint density at radius 1 is 1.21 bits per heavy atom. The number of unbranched alkanes of at least 4 members (excludes halogenated alkanes) is 1. The summed E-state index contributed by atoms with van der Waals surface area (Å²) in [7, 11) is 1.57. The summed E-state index contributed by atoms with van der Waals surface area (Å²) >= 11 is 0. The van der Waals surface area contributed by atoms with Crippen molar-refractivity contribution in [1.82, 2.24) is 14.8 Å². The van der Waals surface area contributed by atoms with E-state index in [-0.39, 0.29) is 5.97 Å². The highest BCUT2D eigenvalue weighted by Crippen LogP contribution is 2.34. The molecule has 0 unspecified atom stereocenters. The zero-order valence-corrected chi connectivity index (χ0v) is 16.7. The monoisotopic (exact) mass is 390 g/mol. The average Bonchev–Trinajstić information content (AvgIpc) is 3.10. The largest absolute Gasteiger partial charge is 0.480 e. The van der Waals surface area contributed by atoms with Crippen molar-refractivity contribution >= 4 is 5.97 Å². The Morgan fingerprint density at radius 2 is 1.97 bits per heavy atom. The van der Waals surface area contributed by atoms with E-state index in [1.54, 1.807) is 36.1 Å². The number of esters is 1. The fourth-order valence-electron chi connectivity index (χ4n) is 2.92. The Morgan fingerprint density at radius 3 is 2.55 bits per heavy atom. The quantitative estimate of drug-likeness (QED) is 0.446. The average molecular weight is 390 g/mol. The summed E-state index contributed by atoms with van der Waals surface area (Å²) in [6.45, 7) is 4.32. The third-order valence-corrected chi connectivity index (χ3v) is 4.45. The number of nitriles is 1. The molecule has 1 aromatic carbocycles. The summed E-state index contributed by atoms with van der Waals surface area (Å²) in [4.78, 5) is 16.4. The van der Waals surface area contributed by atoms with Crippen molar-refractivity contribution in [3.05, 3.63) is 59.4 Å². The van der Waals surface area contributed by atoms with E-state index in [0.717, 1.165) is 29.7 Å². The fraction of sp³-hybridized carbons (Fsp3) is 0.273. The van der Waals surface area contributed by atoms with Crippen LogP contribution in [0.1, 0.15) is 41.4 Å². The lowest BCUT2D eigenvalue weighted by atomic mass is 10.0. The molecule has 3 aromatic rings. The van der Waals surface area contributed by atoms with Gasteiger partial charge in [-0.15, -0.1) is 0 Å². The molecule has 0 saturated heterocycles. The topological polar surface area (TPSA) is 90.0 Å². The third kappa shape index (κ3) is 4.27. The molecule has 3 rings (SSSR count). The smallest absolute Gasteiger partial charge is 0.339 e. The Hall–Kier alpha value is -3.66. The number of pyridine rings is 1. The lowest BCUT2D eigenvalue weighted by Gasteiger charge is -2.09. The minimum absolute atomic E-state index is 0.389. The van der Waals surface area contributed by atoms with Crippen LogP contribution in [-0.4, -0.2) is 34.5 Å². The van der Waals surface area contributed by atoms with Gasteiger partial charge in [0.2, 0.25) is 5.88 Å². The maximum atomic E-state index is 12.1. The van der Waals surface area contributed by atoms with Crippen LogP contribution < -0.4 is 4.74 Å². The van der Waals surface area contributed by atoms with E-state index in [1.807, 2.05) is 26.0 Å². The van der Waals surface area contributed by atoms with Crippen LogP contribution in [0, 0.1) is 18.3 Å². The van der Waals surface area contributed by atoms with Gasteiger partial charge in [-0.25, -0.2) is 9.78 Å². The number of carbonyl (C=O) groups is 1. The summed E-state index contributed by atoms with van der Waals surface area (Å²) in [5.74, 6) is 0.660. The number of hydrogen-bond acceptors (Lipinski definition) is 6. The Balaban J connectivity index is 1.91. The number of benzene rings is 1. The maximum Gasteiger partial charge on any atom is 0.339 e. The first-order valence-corrected chi connectivity index (χ1v) is 9.36. The van der Waals surface area contributed by atoms with Crippen LogP contribution in [0.5, 0.6) is 5.88 Å². The van der Waals surface area contributed by atoms with E-state index >= 15 is 0 Å². The highest BCUT2D eigenvalue weighted by atomic mass is 16.5. The number of rotatable bonds is 7. The molecule has 0 aliphatic rings. The van der Waals surface area contributed by atoms with E-state index in [0.29, 0.717) is 29.4 Å². The zero-order valence-electron chi connectivity index (χ0n) is 16.7. The third-order valence-electron chi connectivity index (χ3n) is 4.45. The molecule has 7 heteroatoms. The van der Waals surface area contributed by atoms with Crippen molar-refractivity contribution in [3.8, 4) is 28.9 Å². The Kier molecular flexibility index (Phi) is 6.25. The summed E-state index contributed by atoms with van der Waals surface area (Å²) in [6, 6.07) is 12.7. The highest BCUT2D eigenvalue weighted by Gasteiger charge is 2.20. The van der Waals surface area contributed by atoms with Crippen molar-refractivity contribution in [2.75, 3.05) is 13.7 Å². The van der Waals surface area contributed by atoms with Crippen LogP contribution in [0.3, 0.4) is 0 Å². The fourth-order valence-corrected chi connectivity index (χ4v) is 2.92. The van der Waals surface area contributed by atoms with E-state index in [4.69, 9.17) is 14.7 Å². The minimum Gasteiger partial charge on any atom is -0.480 e. The van der Waals surface area contributed by atoms with Crippen molar-refractivity contribution < 1.29 is 14.3 Å². The molecule has 0 amide bonds. The predicted octanol–water partition coefficient (Wildman–Crippen LogP) is 4.08. The van der Waals surface area contributed by atoms with Crippen LogP contribution in [0.25, 0.3) is 16.9 Å². The molecule has 29 heavy (non-hydrogen) atoms. The van der Waals surface area contributed by atoms with Gasteiger partial charge in [0.05, 0.1) is 42.2 Å². The summed E-state index contributed by atoms with van der Waals surface area (Å²) in [5, 5.41) is 13.6. The number of nitrogens with zero attached hydrogens (tertiary/aromatic N) is 4. The lowest BCUT2D eigenvalue weighted by Crippen LogP contribution is -2.08. The minimum atomic E-state index is -0.389. The molecule has 7 nitrogen and oxygen atoms in total. The molecule has 148 valence electrons. The van der Waals surface area contributed by atoms with Crippen LogP contribution in [-0.2, 0) is 4.74 Å². The Labute approximate surface area is 169 Å². The predicted molar refractivity (Wildman–Crippen MR) is 108 cm³/mol. The first-order chi connectivity index (χ1) is 14.1. The molecule has 2 aromatic heterocycles. The molecule has 0 atom stereocenters. The molecule has 0 saturated carbocycles. The van der Waals surface area contributed by atoms with Crippen molar-refractivity contribution in [2.45, 2.75) is 26.7 Å². The molecular weight excluding hydrogens is 368 g/mol. The zero-order chi connectivity index (χ0) is 20.8. The van der Waals surface area contributed by atoms with Crippen LogP contribution in [0.4, 0.5) is 0 Å². The summed E-state index contributed by atoms with van der Waals surface area (Å²) < 4.78 is 12.4. The van der Waals surface area contributed by atoms with Gasteiger partial charge in [-0.3, -0.25) is 0 Å². The molecule has 0 aliphatic carbocycles. The van der Waals surface area contributed by atoms with E-state index < -0.39 is 0 Å². The van der Waals surface area contributed by atoms with Crippen molar-refractivity contribution in [2.24, 2.45) is 0 Å². The lowest BCUT2D eigenvalue weighted by molar-refractivity contribution is 0.0499. The molecule has 0 radical (unpaired) electrons. The van der Waals surface area contributed by atoms with Crippen molar-refractivity contribution in [1.29, 1.82) is 5.26 Å². The molecule has 0 bridgehead atoms. The second kappa shape index (κ2) is 9.02. The number of aryl methyl sites for hydroxylation is 1. The SMILES string of the molecule is CCCCOC(=O)c1ccc(-n2nc(C)c(-c3ccc(C#N)cc3)c2OC)nc1. The molecule has 0 fully saturated rings. The van der Waals surface area contributed by atoms with E-state index in [9.17, 15) is 4.79 Å². The van der Waals surface area contributed by atoms with Crippen molar-refractivity contribution in [3.63, 3.8) is 0 Å². The normalized spacial score (nSPS) is 10.4. The molecule has 0 spiro atoms. The van der Waals surface area contributed by atoms with Gasteiger partial charge in [0.15, 0.2) is 5.82 Å². The highest BCUT2D eigenvalue weighted by molar-refractivity contribution is 5.89. The van der Waals surface area contributed by atoms with Crippen LogP contribution in [0.2, 0.25) is 0 Å². The standard InChI is InChI=1S/C22H22N4O3/c1-4-5-12-29-22(27)18-10-11-19(24-14-18)26-21(28-3)20(15(2)25-26)17-8-6-16(13-23)7-9-17/h6-11,14H,4-5,12H2,1-3H3.